The fraction of sp³-hybridized carbons (Fsp3) is 0.409. The van der Waals surface area contributed by atoms with Gasteiger partial charge in [0.2, 0.25) is 0 Å². The number of ketones is 1. The minimum atomic E-state index is -0.306. The van der Waals surface area contributed by atoms with E-state index in [1.54, 1.807) is 19.2 Å². The molecular formula is C22H28ClFN2O2. The molecule has 1 aliphatic rings. The maximum atomic E-state index is 12.9. The van der Waals surface area contributed by atoms with Crippen LogP contribution in [0, 0.1) is 5.82 Å². The van der Waals surface area contributed by atoms with Gasteiger partial charge in [-0.05, 0) is 54.9 Å². The molecule has 0 atom stereocenters. The van der Waals surface area contributed by atoms with E-state index in [0.717, 1.165) is 51.4 Å². The lowest BCUT2D eigenvalue weighted by molar-refractivity contribution is 0.0959. The molecule has 6 heteroatoms. The van der Waals surface area contributed by atoms with Gasteiger partial charge in [-0.1, -0.05) is 12.1 Å². The number of carbonyl (C=O) groups excluding carboxylic acids is 1. The van der Waals surface area contributed by atoms with Crippen LogP contribution < -0.4 is 4.74 Å². The quantitative estimate of drug-likeness (QED) is 0.619. The Bertz CT molecular complexity index is 729. The Morgan fingerprint density at radius 3 is 2.18 bits per heavy atom. The number of Topliss-reactive ketones (excluding diaryl/α,β-unsaturated/α-hetero) is 1. The molecule has 0 aromatic heterocycles. The topological polar surface area (TPSA) is 32.8 Å². The molecular weight excluding hydrogens is 379 g/mol. The summed E-state index contributed by atoms with van der Waals surface area (Å²) in [6, 6.07) is 14.1. The third-order valence-electron chi connectivity index (χ3n) is 5.07. The molecule has 152 valence electrons. The maximum Gasteiger partial charge on any atom is 0.162 e. The summed E-state index contributed by atoms with van der Waals surface area (Å²) < 4.78 is 18.1. The van der Waals surface area contributed by atoms with Gasteiger partial charge in [0.15, 0.2) is 5.78 Å². The van der Waals surface area contributed by atoms with E-state index in [1.165, 1.54) is 17.7 Å². The molecule has 1 aliphatic heterocycles. The Morgan fingerprint density at radius 1 is 0.964 bits per heavy atom. The number of methoxy groups -OCH3 is 1. The van der Waals surface area contributed by atoms with E-state index >= 15 is 0 Å². The standard InChI is InChI=1S/C22H27FN2O2.ClH/c1-27-21-10-4-18(5-11-21)17-25-15-13-24(14-16-25)12-2-3-22(26)19-6-8-20(23)9-7-19;/h4-11H,2-3,12-17H2,1H3;1H. The van der Waals surface area contributed by atoms with Gasteiger partial charge in [0, 0.05) is 44.7 Å². The molecule has 0 N–H and O–H groups in total. The van der Waals surface area contributed by atoms with Crippen LogP contribution in [0.5, 0.6) is 5.75 Å². The number of carbonyl (C=O) groups is 1. The zero-order valence-corrected chi connectivity index (χ0v) is 17.1. The number of rotatable bonds is 8. The second-order valence-electron chi connectivity index (χ2n) is 7.00. The molecule has 0 unspecified atom stereocenters. The van der Waals surface area contributed by atoms with Crippen molar-refractivity contribution in [3.8, 4) is 5.75 Å². The molecule has 2 aromatic carbocycles. The second-order valence-corrected chi connectivity index (χ2v) is 7.00. The number of piperazine rings is 1. The summed E-state index contributed by atoms with van der Waals surface area (Å²) in [5.41, 5.74) is 1.90. The third-order valence-corrected chi connectivity index (χ3v) is 5.07. The first kappa shape index (κ1) is 22.3. The molecule has 3 rings (SSSR count). The van der Waals surface area contributed by atoms with Gasteiger partial charge in [-0.3, -0.25) is 9.69 Å². The molecule has 1 saturated heterocycles. The Balaban J connectivity index is 0.00000280. The second kappa shape index (κ2) is 11.1. The fourth-order valence-electron chi connectivity index (χ4n) is 3.40. The first-order valence-electron chi connectivity index (χ1n) is 9.50. The van der Waals surface area contributed by atoms with E-state index in [0.29, 0.717) is 12.0 Å². The van der Waals surface area contributed by atoms with Gasteiger partial charge in [-0.25, -0.2) is 4.39 Å². The smallest absolute Gasteiger partial charge is 0.162 e. The van der Waals surface area contributed by atoms with E-state index in [1.807, 2.05) is 12.1 Å². The highest BCUT2D eigenvalue weighted by molar-refractivity contribution is 5.95. The first-order chi connectivity index (χ1) is 13.1. The van der Waals surface area contributed by atoms with E-state index in [-0.39, 0.29) is 24.0 Å². The fourth-order valence-corrected chi connectivity index (χ4v) is 3.40. The minimum Gasteiger partial charge on any atom is -0.497 e. The predicted octanol–water partition coefficient (Wildman–Crippen LogP) is 4.04. The first-order valence-corrected chi connectivity index (χ1v) is 9.50. The molecule has 0 saturated carbocycles. The van der Waals surface area contributed by atoms with Crippen LogP contribution in [-0.4, -0.2) is 55.4 Å². The highest BCUT2D eigenvalue weighted by Gasteiger charge is 2.17. The van der Waals surface area contributed by atoms with Gasteiger partial charge in [0.05, 0.1) is 7.11 Å². The van der Waals surface area contributed by atoms with Gasteiger partial charge in [0.1, 0.15) is 11.6 Å². The number of hydrogen-bond acceptors (Lipinski definition) is 4. The summed E-state index contributed by atoms with van der Waals surface area (Å²) in [6.07, 6.45) is 1.35. The molecule has 0 aliphatic carbocycles. The molecule has 0 amide bonds. The number of halogens is 2. The average molecular weight is 407 g/mol. The SMILES string of the molecule is COc1ccc(CN2CCN(CCCC(=O)c3ccc(F)cc3)CC2)cc1.Cl. The number of nitrogens with zero attached hydrogens (tertiary/aromatic N) is 2. The predicted molar refractivity (Wildman–Crippen MR) is 112 cm³/mol. The van der Waals surface area contributed by atoms with E-state index in [9.17, 15) is 9.18 Å². The van der Waals surface area contributed by atoms with Gasteiger partial charge in [-0.15, -0.1) is 12.4 Å². The Kier molecular flexibility index (Phi) is 8.90. The summed E-state index contributed by atoms with van der Waals surface area (Å²) in [5, 5.41) is 0. The van der Waals surface area contributed by atoms with Gasteiger partial charge in [0.25, 0.3) is 0 Å². The van der Waals surface area contributed by atoms with Crippen LogP contribution in [-0.2, 0) is 6.54 Å². The van der Waals surface area contributed by atoms with Crippen LogP contribution in [0.15, 0.2) is 48.5 Å². The Labute approximate surface area is 172 Å². The van der Waals surface area contributed by atoms with Crippen LogP contribution in [0.3, 0.4) is 0 Å². The molecule has 0 bridgehead atoms. The molecule has 2 aromatic rings. The lowest BCUT2D eigenvalue weighted by atomic mass is 10.1. The van der Waals surface area contributed by atoms with Crippen molar-refractivity contribution in [1.82, 2.24) is 9.80 Å². The minimum absolute atomic E-state index is 0. The zero-order chi connectivity index (χ0) is 19.1. The molecule has 28 heavy (non-hydrogen) atoms. The van der Waals surface area contributed by atoms with E-state index in [2.05, 4.69) is 21.9 Å². The largest absolute Gasteiger partial charge is 0.497 e. The average Bonchev–Trinajstić information content (AvgIpc) is 2.70. The van der Waals surface area contributed by atoms with Gasteiger partial charge >= 0.3 is 0 Å². The molecule has 0 spiro atoms. The van der Waals surface area contributed by atoms with Crippen LogP contribution in [0.4, 0.5) is 4.39 Å². The van der Waals surface area contributed by atoms with E-state index in [4.69, 9.17) is 4.74 Å². The number of ether oxygens (including phenoxy) is 1. The molecule has 0 radical (unpaired) electrons. The Morgan fingerprint density at radius 2 is 1.57 bits per heavy atom. The van der Waals surface area contributed by atoms with Crippen molar-refractivity contribution in [2.75, 3.05) is 39.8 Å². The maximum absolute atomic E-state index is 12.9. The van der Waals surface area contributed by atoms with Crippen LogP contribution in [0.1, 0.15) is 28.8 Å². The molecule has 1 fully saturated rings. The summed E-state index contributed by atoms with van der Waals surface area (Å²) in [4.78, 5) is 17.0. The van der Waals surface area contributed by atoms with Crippen molar-refractivity contribution in [2.24, 2.45) is 0 Å². The summed E-state index contributed by atoms with van der Waals surface area (Å²) in [7, 11) is 1.68. The van der Waals surface area contributed by atoms with E-state index < -0.39 is 0 Å². The lowest BCUT2D eigenvalue weighted by Crippen LogP contribution is -2.46. The van der Waals surface area contributed by atoms with Crippen molar-refractivity contribution in [3.63, 3.8) is 0 Å². The summed E-state index contributed by atoms with van der Waals surface area (Å²) in [5.74, 6) is 0.672. The highest BCUT2D eigenvalue weighted by atomic mass is 35.5. The number of hydrogen-bond donors (Lipinski definition) is 0. The monoisotopic (exact) mass is 406 g/mol. The van der Waals surface area contributed by atoms with Crippen LogP contribution in [0.25, 0.3) is 0 Å². The van der Waals surface area contributed by atoms with Gasteiger partial charge in [-0.2, -0.15) is 0 Å². The Hall–Kier alpha value is -1.95. The highest BCUT2D eigenvalue weighted by Crippen LogP contribution is 2.14. The van der Waals surface area contributed by atoms with Crippen molar-refractivity contribution >= 4 is 18.2 Å². The van der Waals surface area contributed by atoms with Crippen molar-refractivity contribution in [2.45, 2.75) is 19.4 Å². The summed E-state index contributed by atoms with van der Waals surface area (Å²) in [6.45, 7) is 6.03. The van der Waals surface area contributed by atoms with Crippen molar-refractivity contribution in [1.29, 1.82) is 0 Å². The van der Waals surface area contributed by atoms with Gasteiger partial charge < -0.3 is 9.64 Å². The van der Waals surface area contributed by atoms with Crippen LogP contribution >= 0.6 is 12.4 Å². The van der Waals surface area contributed by atoms with Crippen molar-refractivity contribution < 1.29 is 13.9 Å². The lowest BCUT2D eigenvalue weighted by Gasteiger charge is -2.34. The molecule has 4 nitrogen and oxygen atoms in total. The summed E-state index contributed by atoms with van der Waals surface area (Å²) >= 11 is 0. The normalized spacial score (nSPS) is 15.1. The molecule has 1 heterocycles. The zero-order valence-electron chi connectivity index (χ0n) is 16.3. The van der Waals surface area contributed by atoms with Crippen molar-refractivity contribution in [3.05, 3.63) is 65.5 Å². The number of benzene rings is 2. The van der Waals surface area contributed by atoms with Crippen LogP contribution in [0.2, 0.25) is 0 Å². The third kappa shape index (κ3) is 6.59.